The average molecular weight is 549 g/mol. The molecule has 10 nitrogen and oxygen atoms in total. The largest absolute Gasteiger partial charge is 0.496 e. The zero-order valence-corrected chi connectivity index (χ0v) is 21.9. The molecule has 210 valence electrons. The molecule has 0 aliphatic carbocycles. The standard InChI is InChI=1S/C27H30F2N2O8/c1-14(2)25(31-23(34)11-17-10-16(15(3)32)8-9-22(17)38-4)27(37)30-20(12-24(35)36)21(33)13-39-26-18(28)6-5-7-19(26)29/h5-10,14,20,25H,11-13H2,1-4H3,(H,30,37)(H,31,34)(H,35,36)/t20?,25-/m0/s1. The van der Waals surface area contributed by atoms with E-state index in [1.54, 1.807) is 26.0 Å². The molecule has 0 bridgehead atoms. The van der Waals surface area contributed by atoms with E-state index in [-0.39, 0.29) is 12.2 Å². The number of amides is 2. The maximum absolute atomic E-state index is 13.8. The first-order valence-corrected chi connectivity index (χ1v) is 11.9. The van der Waals surface area contributed by atoms with Crippen LogP contribution in [0.3, 0.4) is 0 Å². The third kappa shape index (κ3) is 8.87. The third-order valence-electron chi connectivity index (χ3n) is 5.67. The smallest absolute Gasteiger partial charge is 0.305 e. The number of carbonyl (C=O) groups excluding carboxylic acids is 4. The molecule has 2 atom stereocenters. The van der Waals surface area contributed by atoms with Gasteiger partial charge in [0.15, 0.2) is 29.0 Å². The molecule has 0 aliphatic heterocycles. The zero-order valence-electron chi connectivity index (χ0n) is 21.9. The van der Waals surface area contributed by atoms with Crippen LogP contribution in [0.1, 0.15) is 43.1 Å². The molecule has 39 heavy (non-hydrogen) atoms. The van der Waals surface area contributed by atoms with Gasteiger partial charge in [-0.1, -0.05) is 19.9 Å². The van der Waals surface area contributed by atoms with Crippen LogP contribution in [0.25, 0.3) is 0 Å². The summed E-state index contributed by atoms with van der Waals surface area (Å²) in [6.45, 7) is 3.71. The van der Waals surface area contributed by atoms with Crippen molar-refractivity contribution in [2.45, 2.75) is 45.7 Å². The molecule has 0 spiro atoms. The highest BCUT2D eigenvalue weighted by Crippen LogP contribution is 2.22. The van der Waals surface area contributed by atoms with E-state index in [0.717, 1.165) is 18.2 Å². The Labute approximate surface area is 223 Å². The fourth-order valence-corrected chi connectivity index (χ4v) is 3.61. The lowest BCUT2D eigenvalue weighted by Gasteiger charge is -2.25. The Kier molecular flexibility index (Phi) is 11.1. The summed E-state index contributed by atoms with van der Waals surface area (Å²) in [7, 11) is 1.40. The number of ketones is 2. The van der Waals surface area contributed by atoms with Crippen LogP contribution < -0.4 is 20.1 Å². The van der Waals surface area contributed by atoms with E-state index in [4.69, 9.17) is 9.47 Å². The predicted octanol–water partition coefficient (Wildman–Crippen LogP) is 2.47. The van der Waals surface area contributed by atoms with Gasteiger partial charge in [0.05, 0.1) is 20.0 Å². The molecule has 2 rings (SSSR count). The Morgan fingerprint density at radius 3 is 2.18 bits per heavy atom. The van der Waals surface area contributed by atoms with Gasteiger partial charge in [-0.25, -0.2) is 8.78 Å². The Morgan fingerprint density at radius 2 is 1.64 bits per heavy atom. The minimum absolute atomic E-state index is 0.213. The Morgan fingerprint density at radius 1 is 1.00 bits per heavy atom. The van der Waals surface area contributed by atoms with Gasteiger partial charge >= 0.3 is 5.97 Å². The van der Waals surface area contributed by atoms with Gasteiger partial charge in [0.1, 0.15) is 24.4 Å². The molecule has 12 heteroatoms. The number of carboxylic acid groups (broad SMARTS) is 1. The van der Waals surface area contributed by atoms with E-state index in [9.17, 15) is 37.9 Å². The van der Waals surface area contributed by atoms with Crippen LogP contribution in [0.15, 0.2) is 36.4 Å². The molecule has 0 aromatic heterocycles. The molecular weight excluding hydrogens is 518 g/mol. The van der Waals surface area contributed by atoms with Crippen molar-refractivity contribution < 1.29 is 47.3 Å². The van der Waals surface area contributed by atoms with Gasteiger partial charge in [0, 0.05) is 11.1 Å². The maximum atomic E-state index is 13.8. The van der Waals surface area contributed by atoms with E-state index < -0.39 is 72.0 Å². The lowest BCUT2D eigenvalue weighted by atomic mass is 10.0. The first kappa shape index (κ1) is 30.9. The molecule has 1 unspecified atom stereocenters. The first-order chi connectivity index (χ1) is 18.3. The van der Waals surface area contributed by atoms with E-state index in [2.05, 4.69) is 10.6 Å². The summed E-state index contributed by atoms with van der Waals surface area (Å²) in [4.78, 5) is 61.5. The quantitative estimate of drug-likeness (QED) is 0.305. The Bertz CT molecular complexity index is 1230. The van der Waals surface area contributed by atoms with Gasteiger partial charge < -0.3 is 25.2 Å². The number of para-hydroxylation sites is 1. The number of rotatable bonds is 14. The number of hydrogen-bond donors (Lipinski definition) is 3. The number of carbonyl (C=O) groups is 5. The van der Waals surface area contributed by atoms with Gasteiger partial charge in [-0.2, -0.15) is 0 Å². The molecule has 0 saturated carbocycles. The molecule has 0 heterocycles. The number of aliphatic carboxylic acids is 1. The highest BCUT2D eigenvalue weighted by Gasteiger charge is 2.31. The van der Waals surface area contributed by atoms with Crippen molar-refractivity contribution in [1.82, 2.24) is 10.6 Å². The lowest BCUT2D eigenvalue weighted by Crippen LogP contribution is -2.54. The highest BCUT2D eigenvalue weighted by atomic mass is 19.1. The predicted molar refractivity (Wildman–Crippen MR) is 135 cm³/mol. The first-order valence-electron chi connectivity index (χ1n) is 11.9. The van der Waals surface area contributed by atoms with Crippen molar-refractivity contribution in [2.75, 3.05) is 13.7 Å². The average Bonchev–Trinajstić information content (AvgIpc) is 2.85. The van der Waals surface area contributed by atoms with Crippen LogP contribution in [0.4, 0.5) is 8.78 Å². The molecule has 2 aromatic carbocycles. The molecule has 0 radical (unpaired) electrons. The van der Waals surface area contributed by atoms with E-state index in [0.29, 0.717) is 16.9 Å². The summed E-state index contributed by atoms with van der Waals surface area (Å²) in [6, 6.07) is 4.76. The van der Waals surface area contributed by atoms with Crippen molar-refractivity contribution in [1.29, 1.82) is 0 Å². The van der Waals surface area contributed by atoms with Crippen molar-refractivity contribution in [2.24, 2.45) is 5.92 Å². The van der Waals surface area contributed by atoms with Crippen molar-refractivity contribution >= 4 is 29.4 Å². The van der Waals surface area contributed by atoms with Crippen LogP contribution >= 0.6 is 0 Å². The van der Waals surface area contributed by atoms with Gasteiger partial charge in [0.2, 0.25) is 11.8 Å². The van der Waals surface area contributed by atoms with E-state index >= 15 is 0 Å². The lowest BCUT2D eigenvalue weighted by molar-refractivity contribution is -0.141. The number of Topliss-reactive ketones (excluding diaryl/α,β-unsaturated/α-hetero) is 2. The molecule has 2 aromatic rings. The summed E-state index contributed by atoms with van der Waals surface area (Å²) in [5.41, 5.74) is 0.770. The zero-order chi connectivity index (χ0) is 29.3. The molecular formula is C27H30F2N2O8. The number of methoxy groups -OCH3 is 1. The summed E-state index contributed by atoms with van der Waals surface area (Å²) in [6.07, 6.45) is -1.07. The number of ether oxygens (including phenoxy) is 2. The summed E-state index contributed by atoms with van der Waals surface area (Å²) >= 11 is 0. The molecule has 3 N–H and O–H groups in total. The fourth-order valence-electron chi connectivity index (χ4n) is 3.61. The SMILES string of the molecule is COc1ccc(C(C)=O)cc1CC(=O)N[C@H](C(=O)NC(CC(=O)O)C(=O)COc1c(F)cccc1F)C(C)C. The van der Waals surface area contributed by atoms with Gasteiger partial charge in [-0.3, -0.25) is 24.0 Å². The van der Waals surface area contributed by atoms with Crippen molar-refractivity contribution in [3.63, 3.8) is 0 Å². The van der Waals surface area contributed by atoms with Crippen molar-refractivity contribution in [3.05, 3.63) is 59.2 Å². The van der Waals surface area contributed by atoms with E-state index in [1.165, 1.54) is 20.1 Å². The number of nitrogens with one attached hydrogen (secondary N) is 2. The van der Waals surface area contributed by atoms with Crippen LogP contribution in [0, 0.1) is 17.6 Å². The summed E-state index contributed by atoms with van der Waals surface area (Å²) in [5, 5.41) is 14.1. The second-order valence-electron chi connectivity index (χ2n) is 9.01. The fraction of sp³-hybridized carbons (Fsp3) is 0.370. The third-order valence-corrected chi connectivity index (χ3v) is 5.67. The van der Waals surface area contributed by atoms with Crippen LogP contribution in [-0.4, -0.2) is 60.3 Å². The Balaban J connectivity index is 2.14. The maximum Gasteiger partial charge on any atom is 0.305 e. The molecule has 0 fully saturated rings. The molecule has 2 amide bonds. The number of hydrogen-bond acceptors (Lipinski definition) is 7. The van der Waals surface area contributed by atoms with E-state index in [1.807, 2.05) is 0 Å². The topological polar surface area (TPSA) is 148 Å². The van der Waals surface area contributed by atoms with Crippen molar-refractivity contribution in [3.8, 4) is 11.5 Å². The minimum Gasteiger partial charge on any atom is -0.496 e. The summed E-state index contributed by atoms with van der Waals surface area (Å²) in [5.74, 6) is -7.09. The van der Waals surface area contributed by atoms with Gasteiger partial charge in [-0.15, -0.1) is 0 Å². The van der Waals surface area contributed by atoms with Crippen LogP contribution in [0.2, 0.25) is 0 Å². The second-order valence-corrected chi connectivity index (χ2v) is 9.01. The summed E-state index contributed by atoms with van der Waals surface area (Å²) < 4.78 is 37.8. The van der Waals surface area contributed by atoms with Gasteiger partial charge in [-0.05, 0) is 43.2 Å². The highest BCUT2D eigenvalue weighted by molar-refractivity contribution is 5.96. The number of benzene rings is 2. The van der Waals surface area contributed by atoms with Crippen LogP contribution in [0.5, 0.6) is 11.5 Å². The monoisotopic (exact) mass is 548 g/mol. The minimum atomic E-state index is -1.60. The molecule has 0 saturated heterocycles. The molecule has 0 aliphatic rings. The second kappa shape index (κ2) is 14.0. The number of halogens is 2. The van der Waals surface area contributed by atoms with Crippen LogP contribution in [-0.2, 0) is 25.6 Å². The van der Waals surface area contributed by atoms with Gasteiger partial charge in [0.25, 0.3) is 0 Å². The Hall–Kier alpha value is -4.35. The normalized spacial score (nSPS) is 12.3. The number of carboxylic acids is 1.